The van der Waals surface area contributed by atoms with Crippen molar-refractivity contribution in [3.8, 4) is 0 Å². The Balaban J connectivity index is 1.75. The van der Waals surface area contributed by atoms with E-state index in [0.717, 1.165) is 32.8 Å². The van der Waals surface area contributed by atoms with Gasteiger partial charge in [0.05, 0.1) is 22.5 Å². The van der Waals surface area contributed by atoms with E-state index in [0.29, 0.717) is 17.1 Å². The third kappa shape index (κ3) is 6.61. The highest BCUT2D eigenvalue weighted by molar-refractivity contribution is 7.92. The normalized spacial score (nSPS) is 11.7. The van der Waals surface area contributed by atoms with Crippen LogP contribution in [0.1, 0.15) is 22.3 Å². The molecule has 8 nitrogen and oxygen atoms in total. The minimum absolute atomic E-state index is 0.0311. The number of nitrogens with zero attached hydrogens (tertiary/aromatic N) is 1. The molecule has 3 rings (SSSR count). The summed E-state index contributed by atoms with van der Waals surface area (Å²) >= 11 is 0. The molecule has 2 N–H and O–H groups in total. The predicted molar refractivity (Wildman–Crippen MR) is 140 cm³/mol. The van der Waals surface area contributed by atoms with Crippen LogP contribution in [0.25, 0.3) is 0 Å². The summed E-state index contributed by atoms with van der Waals surface area (Å²) in [5.74, 6) is -0.555. The van der Waals surface area contributed by atoms with Gasteiger partial charge in [-0.3, -0.25) is 13.8 Å². The summed E-state index contributed by atoms with van der Waals surface area (Å²) in [6.07, 6.45) is 1.05. The van der Waals surface area contributed by atoms with Crippen molar-refractivity contribution in [2.24, 2.45) is 0 Å². The lowest BCUT2D eigenvalue weighted by molar-refractivity contribution is -0.114. The Morgan fingerprint density at radius 3 is 2.00 bits per heavy atom. The van der Waals surface area contributed by atoms with E-state index in [4.69, 9.17) is 0 Å². The first-order chi connectivity index (χ1) is 16.3. The van der Waals surface area contributed by atoms with Crippen molar-refractivity contribution in [1.82, 2.24) is 0 Å². The van der Waals surface area contributed by atoms with Crippen molar-refractivity contribution in [2.45, 2.75) is 32.6 Å². The zero-order valence-electron chi connectivity index (χ0n) is 20.3. The molecule has 0 aliphatic rings. The summed E-state index contributed by atoms with van der Waals surface area (Å²) in [5, 5.41) is 2.63. The summed E-state index contributed by atoms with van der Waals surface area (Å²) in [6, 6.07) is 16.5. The summed E-state index contributed by atoms with van der Waals surface area (Å²) < 4.78 is 54.0. The van der Waals surface area contributed by atoms with Gasteiger partial charge in [-0.2, -0.15) is 0 Å². The van der Waals surface area contributed by atoms with Crippen LogP contribution < -0.4 is 14.3 Å². The average molecular weight is 516 g/mol. The van der Waals surface area contributed by atoms with E-state index in [1.165, 1.54) is 24.3 Å². The summed E-state index contributed by atoms with van der Waals surface area (Å²) in [7, 11) is -7.55. The van der Waals surface area contributed by atoms with Crippen LogP contribution in [-0.2, 0) is 24.8 Å². The molecule has 0 aliphatic carbocycles. The van der Waals surface area contributed by atoms with Gasteiger partial charge in [-0.25, -0.2) is 16.8 Å². The van der Waals surface area contributed by atoms with Crippen LogP contribution >= 0.6 is 0 Å². The molecule has 35 heavy (non-hydrogen) atoms. The van der Waals surface area contributed by atoms with Crippen molar-refractivity contribution < 1.29 is 21.6 Å². The van der Waals surface area contributed by atoms with E-state index in [1.807, 2.05) is 39.0 Å². The maximum Gasteiger partial charge on any atom is 0.261 e. The van der Waals surface area contributed by atoms with Gasteiger partial charge in [0.25, 0.3) is 10.0 Å². The van der Waals surface area contributed by atoms with Gasteiger partial charge in [0.15, 0.2) is 0 Å². The number of sulfonamides is 2. The first kappa shape index (κ1) is 26.2. The van der Waals surface area contributed by atoms with Crippen LogP contribution in [0.4, 0.5) is 17.1 Å². The lowest BCUT2D eigenvalue weighted by Crippen LogP contribution is -2.37. The van der Waals surface area contributed by atoms with E-state index >= 15 is 0 Å². The molecule has 0 fully saturated rings. The SMILES string of the molecule is Cc1ccc(NS(=O)(=O)c2ccc(NC(=O)CN(c3cc(C)ccc3C)S(C)(=O)=O)cc2)c(C)c1. The molecule has 0 saturated carbocycles. The van der Waals surface area contributed by atoms with Gasteiger partial charge in [-0.15, -0.1) is 0 Å². The number of rotatable bonds is 8. The summed E-state index contributed by atoms with van der Waals surface area (Å²) in [6.45, 7) is 6.94. The van der Waals surface area contributed by atoms with E-state index in [-0.39, 0.29) is 4.90 Å². The standard InChI is InChI=1S/C25H29N3O5S2/c1-17-7-13-23(20(4)14-17)27-35(32,33)22-11-9-21(10-12-22)26-25(29)16-28(34(5,30)31)24-15-18(2)6-8-19(24)3/h6-15,27H,16H2,1-5H3,(H,26,29). The van der Waals surface area contributed by atoms with Gasteiger partial charge in [0.1, 0.15) is 6.54 Å². The van der Waals surface area contributed by atoms with Crippen molar-refractivity contribution in [3.63, 3.8) is 0 Å². The number of hydrogen-bond donors (Lipinski definition) is 2. The molecule has 0 spiro atoms. The van der Waals surface area contributed by atoms with E-state index < -0.39 is 32.5 Å². The van der Waals surface area contributed by atoms with Crippen LogP contribution in [-0.4, -0.2) is 35.5 Å². The molecule has 1 amide bonds. The highest BCUT2D eigenvalue weighted by Gasteiger charge is 2.23. The van der Waals surface area contributed by atoms with Gasteiger partial charge < -0.3 is 5.32 Å². The highest BCUT2D eigenvalue weighted by atomic mass is 32.2. The number of carbonyl (C=O) groups excluding carboxylic acids is 1. The van der Waals surface area contributed by atoms with Crippen LogP contribution in [0, 0.1) is 27.7 Å². The Hall–Kier alpha value is -3.37. The van der Waals surface area contributed by atoms with Gasteiger partial charge in [0, 0.05) is 5.69 Å². The van der Waals surface area contributed by atoms with Crippen LogP contribution in [0.15, 0.2) is 65.6 Å². The predicted octanol–water partition coefficient (Wildman–Crippen LogP) is 4.13. The number of nitrogens with one attached hydrogen (secondary N) is 2. The molecule has 0 aliphatic heterocycles. The van der Waals surface area contributed by atoms with Crippen LogP contribution in [0.5, 0.6) is 0 Å². The molecule has 3 aromatic rings. The Bertz CT molecular complexity index is 1470. The van der Waals surface area contributed by atoms with E-state index in [2.05, 4.69) is 10.0 Å². The minimum atomic E-state index is -3.83. The molecule has 0 aromatic heterocycles. The van der Waals surface area contributed by atoms with Crippen LogP contribution in [0.3, 0.4) is 0 Å². The lowest BCUT2D eigenvalue weighted by Gasteiger charge is -2.24. The zero-order valence-corrected chi connectivity index (χ0v) is 21.9. The summed E-state index contributed by atoms with van der Waals surface area (Å²) in [4.78, 5) is 12.7. The number of carbonyl (C=O) groups is 1. The molecular weight excluding hydrogens is 486 g/mol. The largest absolute Gasteiger partial charge is 0.325 e. The first-order valence-electron chi connectivity index (χ1n) is 10.8. The molecule has 10 heteroatoms. The lowest BCUT2D eigenvalue weighted by atomic mass is 10.1. The number of benzene rings is 3. The maximum absolute atomic E-state index is 12.8. The Morgan fingerprint density at radius 1 is 0.800 bits per heavy atom. The molecule has 0 bridgehead atoms. The van der Waals surface area contributed by atoms with Crippen LogP contribution in [0.2, 0.25) is 0 Å². The van der Waals surface area contributed by atoms with E-state index in [9.17, 15) is 21.6 Å². The Morgan fingerprint density at radius 2 is 1.40 bits per heavy atom. The van der Waals surface area contributed by atoms with Gasteiger partial charge in [-0.05, 0) is 80.8 Å². The molecule has 186 valence electrons. The van der Waals surface area contributed by atoms with Gasteiger partial charge in [-0.1, -0.05) is 29.8 Å². The topological polar surface area (TPSA) is 113 Å². The Labute approximate surface area is 207 Å². The monoisotopic (exact) mass is 515 g/mol. The first-order valence-corrected chi connectivity index (χ1v) is 14.1. The zero-order chi connectivity index (χ0) is 26.0. The van der Waals surface area contributed by atoms with Crippen molar-refractivity contribution in [3.05, 3.63) is 82.9 Å². The quantitative estimate of drug-likeness (QED) is 0.469. The fraction of sp³-hybridized carbons (Fsp3) is 0.240. The second-order valence-electron chi connectivity index (χ2n) is 8.56. The number of hydrogen-bond acceptors (Lipinski definition) is 5. The minimum Gasteiger partial charge on any atom is -0.325 e. The number of anilines is 3. The third-order valence-electron chi connectivity index (χ3n) is 5.40. The van der Waals surface area contributed by atoms with Gasteiger partial charge in [0.2, 0.25) is 15.9 Å². The Kier molecular flexibility index (Phi) is 7.56. The maximum atomic E-state index is 12.8. The van der Waals surface area contributed by atoms with Crippen molar-refractivity contribution in [2.75, 3.05) is 27.1 Å². The molecule has 0 unspecified atom stereocenters. The van der Waals surface area contributed by atoms with Gasteiger partial charge >= 0.3 is 0 Å². The second-order valence-corrected chi connectivity index (χ2v) is 12.1. The molecule has 0 radical (unpaired) electrons. The fourth-order valence-corrected chi connectivity index (χ4v) is 5.59. The average Bonchev–Trinajstić information content (AvgIpc) is 2.75. The smallest absolute Gasteiger partial charge is 0.261 e. The molecular formula is C25H29N3O5S2. The molecule has 0 saturated heterocycles. The molecule has 0 atom stereocenters. The fourth-order valence-electron chi connectivity index (χ4n) is 3.55. The second kappa shape index (κ2) is 10.1. The molecule has 3 aromatic carbocycles. The van der Waals surface area contributed by atoms with Crippen molar-refractivity contribution in [1.29, 1.82) is 0 Å². The summed E-state index contributed by atoms with van der Waals surface area (Å²) in [5.41, 5.74) is 4.68. The molecule has 0 heterocycles. The van der Waals surface area contributed by atoms with Crippen molar-refractivity contribution >= 4 is 43.0 Å². The van der Waals surface area contributed by atoms with E-state index in [1.54, 1.807) is 25.1 Å². The highest BCUT2D eigenvalue weighted by Crippen LogP contribution is 2.25. The number of aryl methyl sites for hydroxylation is 4. The third-order valence-corrected chi connectivity index (χ3v) is 7.90. The number of amides is 1.